The van der Waals surface area contributed by atoms with Gasteiger partial charge in [0.25, 0.3) is 6.71 Å². The predicted molar refractivity (Wildman–Crippen MR) is 185 cm³/mol. The molecule has 5 heterocycles. The van der Waals surface area contributed by atoms with Gasteiger partial charge in [0.2, 0.25) is 0 Å². The molecule has 0 amide bonds. The van der Waals surface area contributed by atoms with Gasteiger partial charge < -0.3 is 14.0 Å². The summed E-state index contributed by atoms with van der Waals surface area (Å²) in [5, 5.41) is 2.42. The zero-order valence-corrected chi connectivity index (χ0v) is 24.6. The Kier molecular flexibility index (Phi) is 5.31. The maximum absolute atomic E-state index is 6.98. The molecule has 5 aromatic carbocycles. The summed E-state index contributed by atoms with van der Waals surface area (Å²) >= 11 is 0. The van der Waals surface area contributed by atoms with Crippen molar-refractivity contribution in [1.82, 2.24) is 14.5 Å². The van der Waals surface area contributed by atoms with E-state index in [-0.39, 0.29) is 6.71 Å². The standard InChI is InChI=1S/C40H24BN3O2/c1-3-13-34-30(7-1)31-8-2-4-14-35(31)44(34)27-23-36-38-37(24-27)46-40-29(26-17-21-43-22-18-26)10-6-12-33(40)41(38)32-11-5-9-28(39(32)45-36)25-15-19-42-20-16-25/h1-24H. The van der Waals surface area contributed by atoms with Gasteiger partial charge in [0.1, 0.15) is 23.0 Å². The Balaban J connectivity index is 1.28. The number of aromatic nitrogens is 3. The number of hydrogen-bond donors (Lipinski definition) is 0. The lowest BCUT2D eigenvalue weighted by molar-refractivity contribution is 0.466. The molecule has 2 aliphatic heterocycles. The van der Waals surface area contributed by atoms with Gasteiger partial charge in [-0.15, -0.1) is 0 Å². The topological polar surface area (TPSA) is 49.2 Å². The van der Waals surface area contributed by atoms with Crippen LogP contribution < -0.4 is 25.9 Å². The Morgan fingerprint density at radius 1 is 0.500 bits per heavy atom. The number of para-hydroxylation sites is 4. The number of pyridine rings is 2. The first-order valence-corrected chi connectivity index (χ1v) is 15.4. The van der Waals surface area contributed by atoms with Gasteiger partial charge in [0.05, 0.1) is 16.7 Å². The van der Waals surface area contributed by atoms with E-state index in [1.165, 1.54) is 10.8 Å². The van der Waals surface area contributed by atoms with Gasteiger partial charge in [-0.2, -0.15) is 0 Å². The second-order valence-corrected chi connectivity index (χ2v) is 11.8. The van der Waals surface area contributed by atoms with Crippen LogP contribution in [0.4, 0.5) is 0 Å². The molecule has 0 bridgehead atoms. The van der Waals surface area contributed by atoms with Gasteiger partial charge >= 0.3 is 0 Å². The summed E-state index contributed by atoms with van der Waals surface area (Å²) in [5.41, 5.74) is 10.7. The maximum atomic E-state index is 6.98. The smallest absolute Gasteiger partial charge is 0.260 e. The van der Waals surface area contributed by atoms with E-state index in [9.17, 15) is 0 Å². The van der Waals surface area contributed by atoms with Crippen molar-refractivity contribution in [2.45, 2.75) is 0 Å². The molecule has 0 saturated carbocycles. The molecule has 0 radical (unpaired) electrons. The first-order valence-electron chi connectivity index (χ1n) is 15.4. The Morgan fingerprint density at radius 3 is 1.48 bits per heavy atom. The van der Waals surface area contributed by atoms with E-state index in [2.05, 4.69) is 112 Å². The molecule has 6 heteroatoms. The SMILES string of the molecule is c1cc2c(c(-c3ccncc3)c1)Oc1cc(-n3c4ccccc4c4ccccc43)cc3c1B2c1cccc(-c2ccncc2)c1O3. The Hall–Kier alpha value is -6.14. The van der Waals surface area contributed by atoms with Crippen LogP contribution in [-0.4, -0.2) is 21.2 Å². The quantitative estimate of drug-likeness (QED) is 0.199. The van der Waals surface area contributed by atoms with Crippen molar-refractivity contribution in [3.05, 3.63) is 146 Å². The van der Waals surface area contributed by atoms with Gasteiger partial charge in [0, 0.05) is 64.3 Å². The van der Waals surface area contributed by atoms with Crippen LogP contribution in [0.25, 0.3) is 49.7 Å². The van der Waals surface area contributed by atoms with Gasteiger partial charge in [-0.25, -0.2) is 0 Å². The molecule has 10 rings (SSSR count). The van der Waals surface area contributed by atoms with E-state index in [0.717, 1.165) is 78.4 Å². The lowest BCUT2D eigenvalue weighted by atomic mass is 9.34. The molecule has 0 unspecified atom stereocenters. The van der Waals surface area contributed by atoms with Crippen molar-refractivity contribution in [2.24, 2.45) is 0 Å². The lowest BCUT2D eigenvalue weighted by Gasteiger charge is -2.35. The second-order valence-electron chi connectivity index (χ2n) is 11.8. The molecular formula is C40H24BN3O2. The summed E-state index contributed by atoms with van der Waals surface area (Å²) in [6.07, 6.45) is 7.31. The predicted octanol–water partition coefficient (Wildman–Crippen LogP) is 7.64. The molecule has 0 saturated heterocycles. The maximum Gasteiger partial charge on any atom is 0.260 e. The van der Waals surface area contributed by atoms with Crippen LogP contribution in [0.3, 0.4) is 0 Å². The minimum Gasteiger partial charge on any atom is -0.458 e. The highest BCUT2D eigenvalue weighted by Gasteiger charge is 2.42. The zero-order valence-electron chi connectivity index (χ0n) is 24.6. The van der Waals surface area contributed by atoms with Gasteiger partial charge in [-0.3, -0.25) is 9.97 Å². The summed E-state index contributed by atoms with van der Waals surface area (Å²) in [5.74, 6) is 3.32. The third kappa shape index (κ3) is 3.58. The third-order valence-corrected chi connectivity index (χ3v) is 9.34. The molecule has 0 N–H and O–H groups in total. The fraction of sp³-hybridized carbons (Fsp3) is 0. The number of nitrogens with zero attached hydrogens (tertiary/aromatic N) is 3. The molecule has 8 aromatic rings. The monoisotopic (exact) mass is 589 g/mol. The molecule has 0 aliphatic carbocycles. The zero-order chi connectivity index (χ0) is 30.2. The first kappa shape index (κ1) is 25.2. The van der Waals surface area contributed by atoms with Crippen LogP contribution >= 0.6 is 0 Å². The number of benzene rings is 5. The average Bonchev–Trinajstić information content (AvgIpc) is 3.46. The lowest BCUT2D eigenvalue weighted by Crippen LogP contribution is -2.57. The van der Waals surface area contributed by atoms with Gasteiger partial charge in [-0.1, -0.05) is 72.8 Å². The van der Waals surface area contributed by atoms with Crippen molar-refractivity contribution < 1.29 is 9.47 Å². The van der Waals surface area contributed by atoms with Gasteiger partial charge in [0.15, 0.2) is 0 Å². The Morgan fingerprint density at radius 2 is 0.978 bits per heavy atom. The molecule has 2 aliphatic rings. The van der Waals surface area contributed by atoms with Crippen LogP contribution in [-0.2, 0) is 0 Å². The van der Waals surface area contributed by atoms with Crippen LogP contribution in [0.2, 0.25) is 0 Å². The highest BCUT2D eigenvalue weighted by atomic mass is 16.5. The van der Waals surface area contributed by atoms with E-state index in [1.807, 2.05) is 49.1 Å². The molecule has 214 valence electrons. The summed E-state index contributed by atoms with van der Waals surface area (Å²) in [7, 11) is 0. The van der Waals surface area contributed by atoms with E-state index < -0.39 is 0 Å². The van der Waals surface area contributed by atoms with E-state index in [1.54, 1.807) is 0 Å². The molecular weight excluding hydrogens is 565 g/mol. The summed E-state index contributed by atoms with van der Waals surface area (Å²) in [4.78, 5) is 8.53. The van der Waals surface area contributed by atoms with Crippen molar-refractivity contribution in [3.63, 3.8) is 0 Å². The minimum absolute atomic E-state index is 0.0757. The van der Waals surface area contributed by atoms with E-state index in [4.69, 9.17) is 9.47 Å². The molecule has 0 atom stereocenters. The van der Waals surface area contributed by atoms with Crippen LogP contribution in [0.15, 0.2) is 146 Å². The fourth-order valence-electron chi connectivity index (χ4n) is 7.38. The van der Waals surface area contributed by atoms with Crippen LogP contribution in [0.5, 0.6) is 23.0 Å². The Labute approximate surface area is 265 Å². The summed E-state index contributed by atoms with van der Waals surface area (Å²) in [6.45, 7) is -0.0757. The second kappa shape index (κ2) is 9.68. The largest absolute Gasteiger partial charge is 0.458 e. The van der Waals surface area contributed by atoms with Crippen molar-refractivity contribution in [3.8, 4) is 50.9 Å². The fourth-order valence-corrected chi connectivity index (χ4v) is 7.38. The van der Waals surface area contributed by atoms with Crippen molar-refractivity contribution in [1.29, 1.82) is 0 Å². The van der Waals surface area contributed by atoms with Crippen LogP contribution in [0.1, 0.15) is 0 Å². The van der Waals surface area contributed by atoms with Gasteiger partial charge in [-0.05, 0) is 58.5 Å². The highest BCUT2D eigenvalue weighted by Crippen LogP contribution is 2.43. The minimum atomic E-state index is -0.0757. The molecule has 0 fully saturated rings. The Bertz CT molecular complexity index is 2320. The summed E-state index contributed by atoms with van der Waals surface area (Å²) in [6, 6.07) is 42.5. The highest BCUT2D eigenvalue weighted by molar-refractivity contribution is 6.98. The van der Waals surface area contributed by atoms with E-state index in [0.29, 0.717) is 0 Å². The number of rotatable bonds is 3. The molecule has 0 spiro atoms. The molecule has 46 heavy (non-hydrogen) atoms. The summed E-state index contributed by atoms with van der Waals surface area (Å²) < 4.78 is 16.3. The average molecular weight is 589 g/mol. The first-order chi connectivity index (χ1) is 22.8. The normalized spacial score (nSPS) is 12.7. The van der Waals surface area contributed by atoms with E-state index >= 15 is 0 Å². The molecule has 5 nitrogen and oxygen atoms in total. The van der Waals surface area contributed by atoms with Crippen LogP contribution in [0, 0.1) is 0 Å². The molecule has 3 aromatic heterocycles. The number of fused-ring (bicyclic) bond motifs is 7. The third-order valence-electron chi connectivity index (χ3n) is 9.34. The number of hydrogen-bond acceptors (Lipinski definition) is 4. The number of ether oxygens (including phenoxy) is 2. The van der Waals surface area contributed by atoms with Crippen molar-refractivity contribution >= 4 is 44.9 Å². The van der Waals surface area contributed by atoms with Crippen molar-refractivity contribution in [2.75, 3.05) is 0 Å².